The molecule has 0 heterocycles. The Morgan fingerprint density at radius 1 is 1.41 bits per heavy atom. The molecular weight excluding hydrogens is 248 g/mol. The summed E-state index contributed by atoms with van der Waals surface area (Å²) in [4.78, 5) is 9.93. The van der Waals surface area contributed by atoms with Gasteiger partial charge in [0.25, 0.3) is 5.69 Å². The molecule has 0 unspecified atom stereocenters. The summed E-state index contributed by atoms with van der Waals surface area (Å²) in [6.07, 6.45) is 0. The van der Waals surface area contributed by atoms with E-state index < -0.39 is 15.1 Å². The lowest BCUT2D eigenvalue weighted by atomic mass is 10.2. The van der Waals surface area contributed by atoms with Gasteiger partial charge in [0, 0.05) is 20.2 Å². The standard InChI is InChI=1S/C8H12N4O4S/c1-11(2)17(15,16)10-6-3-4-7(9)8(5-6)12(13)14/h3-5,10H,9H2,1-2H3. The summed E-state index contributed by atoms with van der Waals surface area (Å²) in [6, 6.07) is 3.69. The monoisotopic (exact) mass is 260 g/mol. The van der Waals surface area contributed by atoms with Gasteiger partial charge in [0.1, 0.15) is 5.69 Å². The van der Waals surface area contributed by atoms with Crippen LogP contribution in [-0.4, -0.2) is 31.7 Å². The number of hydrogen-bond donors (Lipinski definition) is 2. The molecule has 0 saturated heterocycles. The van der Waals surface area contributed by atoms with Gasteiger partial charge in [-0.2, -0.15) is 12.7 Å². The predicted octanol–water partition coefficient (Wildman–Crippen LogP) is 0.395. The molecular formula is C8H12N4O4S. The van der Waals surface area contributed by atoms with Crippen molar-refractivity contribution in [1.82, 2.24) is 4.31 Å². The molecule has 1 aromatic carbocycles. The average molecular weight is 260 g/mol. The van der Waals surface area contributed by atoms with Crippen LogP contribution in [0.5, 0.6) is 0 Å². The minimum Gasteiger partial charge on any atom is -0.393 e. The Kier molecular flexibility index (Phi) is 3.53. The van der Waals surface area contributed by atoms with Crippen LogP contribution in [0.4, 0.5) is 17.1 Å². The Bertz CT molecular complexity index is 540. The number of nitro groups is 1. The first kappa shape index (κ1) is 13.2. The molecule has 0 amide bonds. The molecule has 3 N–H and O–H groups in total. The molecule has 0 spiro atoms. The Labute approximate surface area is 98.4 Å². The van der Waals surface area contributed by atoms with Crippen molar-refractivity contribution in [3.8, 4) is 0 Å². The Morgan fingerprint density at radius 3 is 2.47 bits per heavy atom. The summed E-state index contributed by atoms with van der Waals surface area (Å²) in [6.45, 7) is 0. The molecule has 0 saturated carbocycles. The van der Waals surface area contributed by atoms with Crippen molar-refractivity contribution in [2.24, 2.45) is 0 Å². The van der Waals surface area contributed by atoms with E-state index in [1.807, 2.05) is 0 Å². The molecule has 0 aliphatic carbocycles. The van der Waals surface area contributed by atoms with Gasteiger partial charge in [-0.05, 0) is 12.1 Å². The number of nitrogens with two attached hydrogens (primary N) is 1. The number of nitrogens with one attached hydrogen (secondary N) is 1. The van der Waals surface area contributed by atoms with Crippen molar-refractivity contribution in [1.29, 1.82) is 0 Å². The molecule has 0 atom stereocenters. The van der Waals surface area contributed by atoms with Crippen LogP contribution in [0.25, 0.3) is 0 Å². The van der Waals surface area contributed by atoms with Gasteiger partial charge < -0.3 is 5.73 Å². The van der Waals surface area contributed by atoms with Crippen LogP contribution in [-0.2, 0) is 10.2 Å². The van der Waals surface area contributed by atoms with E-state index in [0.717, 1.165) is 10.4 Å². The molecule has 0 fully saturated rings. The molecule has 1 aromatic rings. The van der Waals surface area contributed by atoms with Gasteiger partial charge in [-0.1, -0.05) is 0 Å². The van der Waals surface area contributed by atoms with E-state index in [-0.39, 0.29) is 17.1 Å². The summed E-state index contributed by atoms with van der Waals surface area (Å²) < 4.78 is 26.1. The van der Waals surface area contributed by atoms with Crippen LogP contribution in [0, 0.1) is 10.1 Å². The van der Waals surface area contributed by atoms with E-state index in [9.17, 15) is 18.5 Å². The number of rotatable bonds is 4. The second kappa shape index (κ2) is 4.55. The van der Waals surface area contributed by atoms with Crippen LogP contribution < -0.4 is 10.5 Å². The van der Waals surface area contributed by atoms with Crippen LogP contribution in [0.1, 0.15) is 0 Å². The van der Waals surface area contributed by atoms with Crippen LogP contribution in [0.3, 0.4) is 0 Å². The van der Waals surface area contributed by atoms with Crippen molar-refractivity contribution in [3.63, 3.8) is 0 Å². The SMILES string of the molecule is CN(C)S(=O)(=O)Nc1ccc(N)c([N+](=O)[O-])c1. The molecule has 17 heavy (non-hydrogen) atoms. The van der Waals surface area contributed by atoms with E-state index in [1.165, 1.54) is 26.2 Å². The number of anilines is 2. The third-order valence-electron chi connectivity index (χ3n) is 1.95. The number of hydrogen-bond acceptors (Lipinski definition) is 5. The molecule has 0 radical (unpaired) electrons. The number of benzene rings is 1. The molecule has 0 aliphatic heterocycles. The van der Waals surface area contributed by atoms with Crippen LogP contribution in [0.2, 0.25) is 0 Å². The molecule has 1 rings (SSSR count). The van der Waals surface area contributed by atoms with Crippen molar-refractivity contribution < 1.29 is 13.3 Å². The summed E-state index contributed by atoms with van der Waals surface area (Å²) >= 11 is 0. The van der Waals surface area contributed by atoms with Crippen LogP contribution >= 0.6 is 0 Å². The average Bonchev–Trinajstić information content (AvgIpc) is 2.20. The summed E-state index contributed by atoms with van der Waals surface area (Å²) in [5, 5.41) is 10.6. The topological polar surface area (TPSA) is 119 Å². The largest absolute Gasteiger partial charge is 0.393 e. The first-order chi connectivity index (χ1) is 7.74. The zero-order valence-electron chi connectivity index (χ0n) is 9.25. The van der Waals surface area contributed by atoms with Gasteiger partial charge in [0.05, 0.1) is 10.6 Å². The summed E-state index contributed by atoms with van der Waals surface area (Å²) in [5.41, 5.74) is 5.10. The normalized spacial score (nSPS) is 11.5. The fraction of sp³-hybridized carbons (Fsp3) is 0.250. The molecule has 94 valence electrons. The zero-order valence-corrected chi connectivity index (χ0v) is 10.1. The van der Waals surface area contributed by atoms with E-state index in [1.54, 1.807) is 0 Å². The first-order valence-corrected chi connectivity index (χ1v) is 5.92. The lowest BCUT2D eigenvalue weighted by Gasteiger charge is -2.13. The molecule has 0 aromatic heterocycles. The van der Waals surface area contributed by atoms with Crippen molar-refractivity contribution in [2.45, 2.75) is 0 Å². The molecule has 0 bridgehead atoms. The Balaban J connectivity index is 3.10. The van der Waals surface area contributed by atoms with E-state index >= 15 is 0 Å². The molecule has 8 nitrogen and oxygen atoms in total. The van der Waals surface area contributed by atoms with Gasteiger partial charge in [-0.3, -0.25) is 14.8 Å². The maximum atomic E-state index is 11.5. The second-order valence-electron chi connectivity index (χ2n) is 3.42. The zero-order chi connectivity index (χ0) is 13.2. The highest BCUT2D eigenvalue weighted by Crippen LogP contribution is 2.25. The second-order valence-corrected chi connectivity index (χ2v) is 5.30. The minimum absolute atomic E-state index is 0.0252. The smallest absolute Gasteiger partial charge is 0.301 e. The number of nitro benzene ring substituents is 1. The Hall–Kier alpha value is -1.87. The number of nitrogen functional groups attached to an aromatic ring is 1. The summed E-state index contributed by atoms with van der Waals surface area (Å²) in [7, 11) is -1.00. The predicted molar refractivity (Wildman–Crippen MR) is 63.7 cm³/mol. The quantitative estimate of drug-likeness (QED) is 0.461. The van der Waals surface area contributed by atoms with Gasteiger partial charge in [-0.15, -0.1) is 0 Å². The van der Waals surface area contributed by atoms with Crippen LogP contribution in [0.15, 0.2) is 18.2 Å². The third kappa shape index (κ3) is 3.04. The van der Waals surface area contributed by atoms with Gasteiger partial charge >= 0.3 is 10.2 Å². The molecule has 9 heteroatoms. The van der Waals surface area contributed by atoms with Crippen molar-refractivity contribution in [2.75, 3.05) is 24.6 Å². The third-order valence-corrected chi connectivity index (χ3v) is 3.41. The van der Waals surface area contributed by atoms with E-state index in [0.29, 0.717) is 0 Å². The lowest BCUT2D eigenvalue weighted by Crippen LogP contribution is -2.28. The highest BCUT2D eigenvalue weighted by atomic mass is 32.2. The van der Waals surface area contributed by atoms with Gasteiger partial charge in [0.2, 0.25) is 0 Å². The fourth-order valence-electron chi connectivity index (χ4n) is 1.01. The maximum Gasteiger partial charge on any atom is 0.301 e. The van der Waals surface area contributed by atoms with Crippen molar-refractivity contribution in [3.05, 3.63) is 28.3 Å². The molecule has 0 aliphatic rings. The fourth-order valence-corrected chi connectivity index (χ4v) is 1.61. The van der Waals surface area contributed by atoms with Crippen molar-refractivity contribution >= 4 is 27.3 Å². The highest BCUT2D eigenvalue weighted by molar-refractivity contribution is 7.90. The van der Waals surface area contributed by atoms with Gasteiger partial charge in [-0.25, -0.2) is 0 Å². The first-order valence-electron chi connectivity index (χ1n) is 4.48. The van der Waals surface area contributed by atoms with Gasteiger partial charge in [0.15, 0.2) is 0 Å². The maximum absolute atomic E-state index is 11.5. The summed E-state index contributed by atoms with van der Waals surface area (Å²) in [5.74, 6) is 0. The van der Waals surface area contributed by atoms with E-state index in [2.05, 4.69) is 4.72 Å². The minimum atomic E-state index is -3.69. The number of nitrogens with zero attached hydrogens (tertiary/aromatic N) is 2. The van der Waals surface area contributed by atoms with E-state index in [4.69, 9.17) is 5.73 Å². The lowest BCUT2D eigenvalue weighted by molar-refractivity contribution is -0.383. The highest BCUT2D eigenvalue weighted by Gasteiger charge is 2.17. The Morgan fingerprint density at radius 2 is 2.00 bits per heavy atom.